The predicted molar refractivity (Wildman–Crippen MR) is 108 cm³/mol. The molecule has 0 unspecified atom stereocenters. The SMILES string of the molecule is COc1ccc(SCC(=O)N2CCN(S(=O)(=O)c3ccc(Cl)s3)CC2)cc1. The predicted octanol–water partition coefficient (Wildman–Crippen LogP) is 3.04. The zero-order chi connectivity index (χ0) is 19.4. The molecule has 0 atom stereocenters. The Hall–Kier alpha value is -1.26. The maximum atomic E-state index is 12.6. The monoisotopic (exact) mass is 446 g/mol. The van der Waals surface area contributed by atoms with E-state index in [-0.39, 0.29) is 23.2 Å². The Bertz CT molecular complexity index is 891. The van der Waals surface area contributed by atoms with Crippen LogP contribution < -0.4 is 4.74 Å². The number of amides is 1. The second-order valence-corrected chi connectivity index (χ2v) is 10.7. The number of halogens is 1. The Labute approximate surface area is 172 Å². The fraction of sp³-hybridized carbons (Fsp3) is 0.353. The zero-order valence-corrected chi connectivity index (χ0v) is 17.8. The van der Waals surface area contributed by atoms with Crippen LogP contribution in [0.1, 0.15) is 0 Å². The molecule has 3 rings (SSSR count). The fourth-order valence-corrected chi connectivity index (χ4v) is 6.51. The third-order valence-electron chi connectivity index (χ3n) is 4.16. The zero-order valence-electron chi connectivity index (χ0n) is 14.6. The van der Waals surface area contributed by atoms with Crippen LogP contribution in [0.3, 0.4) is 0 Å². The lowest BCUT2D eigenvalue weighted by molar-refractivity contribution is -0.129. The highest BCUT2D eigenvalue weighted by Gasteiger charge is 2.31. The minimum atomic E-state index is -3.54. The number of thiophene rings is 1. The quantitative estimate of drug-likeness (QED) is 0.638. The number of rotatable bonds is 6. The van der Waals surface area contributed by atoms with Crippen LogP contribution in [0.25, 0.3) is 0 Å². The summed E-state index contributed by atoms with van der Waals surface area (Å²) in [7, 11) is -1.93. The second kappa shape index (κ2) is 8.83. The van der Waals surface area contributed by atoms with E-state index in [1.54, 1.807) is 18.1 Å². The van der Waals surface area contributed by atoms with Crippen LogP contribution >= 0.6 is 34.7 Å². The number of methoxy groups -OCH3 is 1. The van der Waals surface area contributed by atoms with Gasteiger partial charge in [-0.3, -0.25) is 4.79 Å². The van der Waals surface area contributed by atoms with E-state index >= 15 is 0 Å². The minimum absolute atomic E-state index is 0.00651. The summed E-state index contributed by atoms with van der Waals surface area (Å²) in [6.45, 7) is 1.36. The number of hydrogen-bond acceptors (Lipinski definition) is 6. The highest BCUT2D eigenvalue weighted by atomic mass is 35.5. The molecule has 1 fully saturated rings. The Kier molecular flexibility index (Phi) is 6.69. The van der Waals surface area contributed by atoms with Crippen LogP contribution in [0, 0.1) is 0 Å². The van der Waals surface area contributed by atoms with Crippen molar-refractivity contribution in [2.75, 3.05) is 39.0 Å². The van der Waals surface area contributed by atoms with Crippen LogP contribution in [0.5, 0.6) is 5.75 Å². The Morgan fingerprint density at radius 2 is 1.81 bits per heavy atom. The maximum absolute atomic E-state index is 12.6. The molecule has 0 bridgehead atoms. The van der Waals surface area contributed by atoms with Gasteiger partial charge in [0.15, 0.2) is 0 Å². The highest BCUT2D eigenvalue weighted by molar-refractivity contribution is 8.00. The number of carbonyl (C=O) groups excluding carboxylic acids is 1. The van der Waals surface area contributed by atoms with Gasteiger partial charge in [-0.25, -0.2) is 8.42 Å². The molecule has 1 aromatic heterocycles. The Morgan fingerprint density at radius 3 is 2.37 bits per heavy atom. The number of hydrogen-bond donors (Lipinski definition) is 0. The van der Waals surface area contributed by atoms with Crippen LogP contribution in [0.15, 0.2) is 45.5 Å². The van der Waals surface area contributed by atoms with E-state index < -0.39 is 10.0 Å². The molecular formula is C17H19ClN2O4S3. The van der Waals surface area contributed by atoms with Gasteiger partial charge in [-0.1, -0.05) is 11.6 Å². The molecule has 0 radical (unpaired) electrons. The number of thioether (sulfide) groups is 1. The van der Waals surface area contributed by atoms with E-state index in [0.717, 1.165) is 22.0 Å². The third kappa shape index (κ3) is 4.97. The average molecular weight is 447 g/mol. The summed E-state index contributed by atoms with van der Waals surface area (Å²) in [5.74, 6) is 1.10. The lowest BCUT2D eigenvalue weighted by Gasteiger charge is -2.33. The molecule has 0 spiro atoms. The fourth-order valence-electron chi connectivity index (χ4n) is 2.65. The first-order valence-electron chi connectivity index (χ1n) is 8.20. The van der Waals surface area contributed by atoms with E-state index in [2.05, 4.69) is 0 Å². The number of nitrogens with zero attached hydrogens (tertiary/aromatic N) is 2. The lowest BCUT2D eigenvalue weighted by Crippen LogP contribution is -2.50. The van der Waals surface area contributed by atoms with Crippen molar-refractivity contribution >= 4 is 50.6 Å². The molecule has 1 aliphatic heterocycles. The third-order valence-corrected chi connectivity index (χ3v) is 8.75. The molecule has 2 heterocycles. The molecule has 2 aromatic rings. The summed E-state index contributed by atoms with van der Waals surface area (Å²) < 4.78 is 32.4. The summed E-state index contributed by atoms with van der Waals surface area (Å²) in [4.78, 5) is 15.1. The molecule has 1 saturated heterocycles. The summed E-state index contributed by atoms with van der Waals surface area (Å²) in [6, 6.07) is 10.6. The lowest BCUT2D eigenvalue weighted by atomic mass is 10.3. The number of carbonyl (C=O) groups is 1. The van der Waals surface area contributed by atoms with Crippen molar-refractivity contribution in [1.29, 1.82) is 0 Å². The van der Waals surface area contributed by atoms with E-state index in [0.29, 0.717) is 23.2 Å². The highest BCUT2D eigenvalue weighted by Crippen LogP contribution is 2.29. The standard InChI is InChI=1S/C17H19ClN2O4S3/c1-24-13-2-4-14(5-3-13)25-12-16(21)19-8-10-20(11-9-19)27(22,23)17-7-6-15(18)26-17/h2-7H,8-12H2,1H3. The Balaban J connectivity index is 1.51. The van der Waals surface area contributed by atoms with E-state index in [1.165, 1.54) is 22.1 Å². The van der Waals surface area contributed by atoms with Crippen molar-refractivity contribution in [3.05, 3.63) is 40.7 Å². The molecule has 0 saturated carbocycles. The van der Waals surface area contributed by atoms with E-state index in [1.807, 2.05) is 24.3 Å². The van der Waals surface area contributed by atoms with Gasteiger partial charge < -0.3 is 9.64 Å². The second-order valence-electron chi connectivity index (χ2n) is 5.81. The maximum Gasteiger partial charge on any atom is 0.252 e. The topological polar surface area (TPSA) is 66.9 Å². The molecule has 10 heteroatoms. The summed E-state index contributed by atoms with van der Waals surface area (Å²) in [5, 5.41) is 0. The van der Waals surface area contributed by atoms with Crippen molar-refractivity contribution < 1.29 is 17.9 Å². The van der Waals surface area contributed by atoms with Crippen LogP contribution in [0.4, 0.5) is 0 Å². The van der Waals surface area contributed by atoms with Crippen molar-refractivity contribution in [1.82, 2.24) is 9.21 Å². The molecule has 27 heavy (non-hydrogen) atoms. The van der Waals surface area contributed by atoms with Gasteiger partial charge in [0, 0.05) is 31.1 Å². The molecule has 6 nitrogen and oxygen atoms in total. The van der Waals surface area contributed by atoms with Gasteiger partial charge in [0.1, 0.15) is 9.96 Å². The molecular weight excluding hydrogens is 428 g/mol. The van der Waals surface area contributed by atoms with E-state index in [4.69, 9.17) is 16.3 Å². The van der Waals surface area contributed by atoms with Gasteiger partial charge in [-0.15, -0.1) is 23.1 Å². The number of piperazine rings is 1. The van der Waals surface area contributed by atoms with Crippen LogP contribution in [-0.2, 0) is 14.8 Å². The smallest absolute Gasteiger partial charge is 0.252 e. The van der Waals surface area contributed by atoms with Gasteiger partial charge in [-0.2, -0.15) is 4.31 Å². The molecule has 1 aliphatic rings. The minimum Gasteiger partial charge on any atom is -0.497 e. The van der Waals surface area contributed by atoms with Gasteiger partial charge >= 0.3 is 0 Å². The summed E-state index contributed by atoms with van der Waals surface area (Å²) in [6.07, 6.45) is 0. The first-order valence-corrected chi connectivity index (χ1v) is 11.8. The van der Waals surface area contributed by atoms with Crippen molar-refractivity contribution in [3.63, 3.8) is 0 Å². The number of sulfonamides is 1. The molecule has 0 aliphatic carbocycles. The summed E-state index contributed by atoms with van der Waals surface area (Å²) in [5.41, 5.74) is 0. The first-order chi connectivity index (χ1) is 12.9. The van der Waals surface area contributed by atoms with Gasteiger partial charge in [0.05, 0.1) is 17.2 Å². The molecule has 1 amide bonds. The van der Waals surface area contributed by atoms with Crippen LogP contribution in [-0.4, -0.2) is 62.6 Å². The van der Waals surface area contributed by atoms with E-state index in [9.17, 15) is 13.2 Å². The van der Waals surface area contributed by atoms with Gasteiger partial charge in [0.25, 0.3) is 10.0 Å². The number of benzene rings is 1. The Morgan fingerprint density at radius 1 is 1.15 bits per heavy atom. The first kappa shape index (κ1) is 20.5. The van der Waals surface area contributed by atoms with Crippen LogP contribution in [0.2, 0.25) is 4.34 Å². The van der Waals surface area contributed by atoms with Crippen molar-refractivity contribution in [2.45, 2.75) is 9.10 Å². The normalized spacial score (nSPS) is 15.7. The molecule has 1 aromatic carbocycles. The van der Waals surface area contributed by atoms with Gasteiger partial charge in [-0.05, 0) is 36.4 Å². The van der Waals surface area contributed by atoms with Crippen molar-refractivity contribution in [3.8, 4) is 5.75 Å². The average Bonchev–Trinajstić information content (AvgIpc) is 3.14. The number of ether oxygens (including phenoxy) is 1. The largest absolute Gasteiger partial charge is 0.497 e. The van der Waals surface area contributed by atoms with Gasteiger partial charge in [0.2, 0.25) is 5.91 Å². The molecule has 0 N–H and O–H groups in total. The molecule has 146 valence electrons. The summed E-state index contributed by atoms with van der Waals surface area (Å²) >= 11 is 8.35. The van der Waals surface area contributed by atoms with Crippen molar-refractivity contribution in [2.24, 2.45) is 0 Å².